The Balaban J connectivity index is 0.00000484. The number of likely N-dealkylation sites (N-methyl/N-ethyl adjacent to an activating group) is 1. The highest BCUT2D eigenvalue weighted by atomic mass is 127. The molecule has 0 aromatic heterocycles. The molecule has 0 bridgehead atoms. The van der Waals surface area contributed by atoms with Crippen LogP contribution in [-0.2, 0) is 4.79 Å². The number of halogens is 1. The van der Waals surface area contributed by atoms with E-state index in [9.17, 15) is 4.79 Å². The predicted molar refractivity (Wildman–Crippen MR) is 108 cm³/mol. The van der Waals surface area contributed by atoms with Gasteiger partial charge in [-0.15, -0.1) is 24.0 Å². The zero-order valence-electron chi connectivity index (χ0n) is 14.7. The number of amides is 1. The van der Waals surface area contributed by atoms with Crippen molar-refractivity contribution in [3.8, 4) is 0 Å². The van der Waals surface area contributed by atoms with Gasteiger partial charge in [-0.05, 0) is 25.3 Å². The molecular weight excluding hydrogens is 403 g/mol. The summed E-state index contributed by atoms with van der Waals surface area (Å²) in [5.74, 6) is 1.04. The fourth-order valence-electron chi connectivity index (χ4n) is 1.97. The number of guanidine groups is 1. The van der Waals surface area contributed by atoms with E-state index in [-0.39, 0.29) is 36.4 Å². The molecule has 0 fully saturated rings. The number of carbonyl (C=O) groups excluding carboxylic acids is 1. The molecule has 1 aromatic carbocycles. The van der Waals surface area contributed by atoms with Crippen molar-refractivity contribution < 1.29 is 4.79 Å². The van der Waals surface area contributed by atoms with Crippen LogP contribution in [0.25, 0.3) is 0 Å². The van der Waals surface area contributed by atoms with Gasteiger partial charge in [0.2, 0.25) is 5.91 Å². The molecular formula is C17H29IN4O. The largest absolute Gasteiger partial charge is 0.357 e. The van der Waals surface area contributed by atoms with E-state index in [1.807, 2.05) is 6.92 Å². The summed E-state index contributed by atoms with van der Waals surface area (Å²) >= 11 is 0. The number of aryl methyl sites for hydroxylation is 1. The van der Waals surface area contributed by atoms with Crippen LogP contribution in [0.15, 0.2) is 29.3 Å². The van der Waals surface area contributed by atoms with E-state index < -0.39 is 0 Å². The van der Waals surface area contributed by atoms with Gasteiger partial charge >= 0.3 is 0 Å². The molecule has 1 amide bonds. The smallest absolute Gasteiger partial charge is 0.243 e. The van der Waals surface area contributed by atoms with E-state index in [1.165, 1.54) is 11.1 Å². The Morgan fingerprint density at radius 3 is 2.57 bits per heavy atom. The maximum absolute atomic E-state index is 11.6. The third-order valence-electron chi connectivity index (χ3n) is 3.40. The van der Waals surface area contributed by atoms with Crippen LogP contribution < -0.4 is 10.6 Å². The molecule has 0 aliphatic rings. The number of hydrogen-bond acceptors (Lipinski definition) is 2. The number of benzene rings is 1. The van der Waals surface area contributed by atoms with Crippen LogP contribution in [-0.4, -0.2) is 50.5 Å². The van der Waals surface area contributed by atoms with Crippen molar-refractivity contribution in [3.05, 3.63) is 35.4 Å². The summed E-state index contributed by atoms with van der Waals surface area (Å²) in [6.45, 7) is 7.97. The Morgan fingerprint density at radius 1 is 1.30 bits per heavy atom. The third-order valence-corrected chi connectivity index (χ3v) is 3.40. The average molecular weight is 432 g/mol. The first kappa shape index (κ1) is 21.7. The summed E-state index contributed by atoms with van der Waals surface area (Å²) in [5, 5.41) is 6.46. The van der Waals surface area contributed by atoms with Crippen LogP contribution in [0.5, 0.6) is 0 Å². The van der Waals surface area contributed by atoms with E-state index in [2.05, 4.69) is 53.7 Å². The van der Waals surface area contributed by atoms with Crippen LogP contribution >= 0.6 is 24.0 Å². The van der Waals surface area contributed by atoms with Gasteiger partial charge in [0.15, 0.2) is 5.96 Å². The van der Waals surface area contributed by atoms with Crippen molar-refractivity contribution in [3.63, 3.8) is 0 Å². The number of hydrogen-bond donors (Lipinski definition) is 2. The van der Waals surface area contributed by atoms with E-state index in [0.29, 0.717) is 11.9 Å². The number of aliphatic imine (C=N–C) groups is 1. The average Bonchev–Trinajstić information content (AvgIpc) is 2.49. The highest BCUT2D eigenvalue weighted by Gasteiger charge is 2.08. The number of rotatable bonds is 6. The number of nitrogens with one attached hydrogen (secondary N) is 2. The maximum Gasteiger partial charge on any atom is 0.243 e. The summed E-state index contributed by atoms with van der Waals surface area (Å²) < 4.78 is 0. The fraction of sp³-hybridized carbons (Fsp3) is 0.529. The molecule has 1 unspecified atom stereocenters. The molecule has 5 nitrogen and oxygen atoms in total. The van der Waals surface area contributed by atoms with Crippen LogP contribution in [0, 0.1) is 6.92 Å². The topological polar surface area (TPSA) is 56.7 Å². The predicted octanol–water partition coefficient (Wildman–Crippen LogP) is 2.36. The molecule has 0 aliphatic carbocycles. The van der Waals surface area contributed by atoms with Gasteiger partial charge in [-0.2, -0.15) is 0 Å². The quantitative estimate of drug-likeness (QED) is 0.412. The second-order valence-electron chi connectivity index (χ2n) is 5.68. The Labute approximate surface area is 157 Å². The summed E-state index contributed by atoms with van der Waals surface area (Å²) in [7, 11) is 3.47. The first-order valence-corrected chi connectivity index (χ1v) is 7.73. The number of nitrogens with zero attached hydrogens (tertiary/aromatic N) is 2. The molecule has 0 aliphatic heterocycles. The maximum atomic E-state index is 11.6. The highest BCUT2D eigenvalue weighted by Crippen LogP contribution is 2.15. The summed E-state index contributed by atoms with van der Waals surface area (Å²) in [4.78, 5) is 17.5. The minimum absolute atomic E-state index is 0. The van der Waals surface area contributed by atoms with Gasteiger partial charge in [0.25, 0.3) is 0 Å². The normalized spacial score (nSPS) is 12.1. The Kier molecular flexibility index (Phi) is 10.6. The van der Waals surface area contributed by atoms with Crippen molar-refractivity contribution in [2.45, 2.75) is 26.7 Å². The molecule has 0 saturated heterocycles. The van der Waals surface area contributed by atoms with Crippen molar-refractivity contribution in [2.75, 3.05) is 33.7 Å². The minimum atomic E-state index is -0.0102. The third kappa shape index (κ3) is 8.20. The van der Waals surface area contributed by atoms with E-state index >= 15 is 0 Å². The standard InChI is InChI=1S/C17H28N4O.HI/c1-6-18-17(20-12-16(22)21(4)5)19-11-14(3)15-9-7-8-13(2)10-15;/h7-10,14H,6,11-12H2,1-5H3,(H2,18,19,20);1H. The lowest BCUT2D eigenvalue weighted by Crippen LogP contribution is -2.40. The summed E-state index contributed by atoms with van der Waals surface area (Å²) in [5.41, 5.74) is 2.56. The zero-order chi connectivity index (χ0) is 16.5. The van der Waals surface area contributed by atoms with E-state index in [4.69, 9.17) is 0 Å². The van der Waals surface area contributed by atoms with Gasteiger partial charge in [0.1, 0.15) is 6.54 Å². The lowest BCUT2D eigenvalue weighted by molar-refractivity contribution is -0.127. The van der Waals surface area contributed by atoms with Crippen molar-refractivity contribution >= 4 is 35.8 Å². The zero-order valence-corrected chi connectivity index (χ0v) is 17.0. The summed E-state index contributed by atoms with van der Waals surface area (Å²) in [6.07, 6.45) is 0. The minimum Gasteiger partial charge on any atom is -0.357 e. The van der Waals surface area contributed by atoms with Gasteiger partial charge < -0.3 is 15.5 Å². The molecule has 23 heavy (non-hydrogen) atoms. The molecule has 6 heteroatoms. The van der Waals surface area contributed by atoms with Gasteiger partial charge in [0, 0.05) is 27.2 Å². The molecule has 1 rings (SSSR count). The molecule has 0 spiro atoms. The second-order valence-corrected chi connectivity index (χ2v) is 5.68. The van der Waals surface area contributed by atoms with Crippen molar-refractivity contribution in [1.82, 2.24) is 15.5 Å². The van der Waals surface area contributed by atoms with E-state index in [0.717, 1.165) is 13.1 Å². The van der Waals surface area contributed by atoms with Gasteiger partial charge in [0.05, 0.1) is 0 Å². The van der Waals surface area contributed by atoms with Gasteiger partial charge in [-0.3, -0.25) is 4.79 Å². The monoisotopic (exact) mass is 432 g/mol. The molecule has 0 saturated carbocycles. The Bertz CT molecular complexity index is 517. The van der Waals surface area contributed by atoms with Crippen LogP contribution in [0.4, 0.5) is 0 Å². The second kappa shape index (κ2) is 11.3. The molecule has 0 heterocycles. The molecule has 2 N–H and O–H groups in total. The first-order chi connectivity index (χ1) is 10.4. The van der Waals surface area contributed by atoms with Crippen LogP contribution in [0.1, 0.15) is 30.9 Å². The first-order valence-electron chi connectivity index (χ1n) is 7.73. The van der Waals surface area contributed by atoms with Crippen LogP contribution in [0.2, 0.25) is 0 Å². The van der Waals surface area contributed by atoms with Gasteiger partial charge in [-0.1, -0.05) is 36.8 Å². The highest BCUT2D eigenvalue weighted by molar-refractivity contribution is 14.0. The van der Waals surface area contributed by atoms with Crippen molar-refractivity contribution in [2.24, 2.45) is 4.99 Å². The lowest BCUT2D eigenvalue weighted by atomic mass is 9.99. The SMILES string of the molecule is CCNC(=NCC(=O)N(C)C)NCC(C)c1cccc(C)c1.I. The fourth-order valence-corrected chi connectivity index (χ4v) is 1.97. The number of carbonyl (C=O) groups is 1. The van der Waals surface area contributed by atoms with Crippen molar-refractivity contribution in [1.29, 1.82) is 0 Å². The van der Waals surface area contributed by atoms with E-state index in [1.54, 1.807) is 19.0 Å². The molecule has 1 atom stereocenters. The summed E-state index contributed by atoms with van der Waals surface area (Å²) in [6, 6.07) is 8.52. The van der Waals surface area contributed by atoms with Gasteiger partial charge in [-0.25, -0.2) is 4.99 Å². The molecule has 130 valence electrons. The lowest BCUT2D eigenvalue weighted by Gasteiger charge is -2.17. The van der Waals surface area contributed by atoms with Crippen LogP contribution in [0.3, 0.4) is 0 Å². The Hall–Kier alpha value is -1.31. The molecule has 0 radical (unpaired) electrons. The Morgan fingerprint density at radius 2 is 2.00 bits per heavy atom. The molecule has 1 aromatic rings.